The van der Waals surface area contributed by atoms with Gasteiger partial charge in [-0.2, -0.15) is 11.8 Å². The number of benzene rings is 2. The van der Waals surface area contributed by atoms with Crippen molar-refractivity contribution >= 4 is 29.2 Å². The molecule has 210 valence electrons. The quantitative estimate of drug-likeness (QED) is 0.281. The molecular weight excluding hydrogens is 536 g/mol. The number of carbonyl (C=O) groups excluding carboxylic acids is 3. The van der Waals surface area contributed by atoms with E-state index >= 15 is 0 Å². The lowest BCUT2D eigenvalue weighted by Gasteiger charge is -2.53. The van der Waals surface area contributed by atoms with Gasteiger partial charge in [-0.1, -0.05) is 42.5 Å². The maximum atomic E-state index is 13.8. The van der Waals surface area contributed by atoms with Crippen LogP contribution in [0.2, 0.25) is 0 Å². The minimum Gasteiger partial charge on any atom is -0.510 e. The third-order valence-electron chi connectivity index (χ3n) is 8.21. The number of hydrogen-bond donors (Lipinski definition) is 6. The van der Waals surface area contributed by atoms with Gasteiger partial charge in [0.1, 0.15) is 22.8 Å². The zero-order valence-electron chi connectivity index (χ0n) is 21.8. The SMILES string of the molecule is CN(C)[C@@H]1C(O)=C(C(N)=O)C(=O)[C@@]2(O)C(O)=C3C(=O)c4c(O)cccc4[C@H](CSCc4ccccc4)[C@H]3[C@H](O)[C@@H]12. The molecule has 1 amide bonds. The Morgan fingerprint density at radius 2 is 1.73 bits per heavy atom. The molecule has 2 aromatic rings. The number of phenolic OH excluding ortho intramolecular Hbond substituents is 1. The van der Waals surface area contributed by atoms with Gasteiger partial charge in [0, 0.05) is 28.9 Å². The average molecular weight is 567 g/mol. The summed E-state index contributed by atoms with van der Waals surface area (Å²) in [6, 6.07) is 12.9. The van der Waals surface area contributed by atoms with Crippen LogP contribution in [0.25, 0.3) is 0 Å². The summed E-state index contributed by atoms with van der Waals surface area (Å²) in [6.07, 6.45) is -1.63. The first-order chi connectivity index (χ1) is 18.9. The summed E-state index contributed by atoms with van der Waals surface area (Å²) in [4.78, 5) is 40.9. The Balaban J connectivity index is 1.70. The number of fused-ring (bicyclic) bond motifs is 3. The molecule has 0 saturated heterocycles. The van der Waals surface area contributed by atoms with Gasteiger partial charge in [-0.3, -0.25) is 19.3 Å². The highest BCUT2D eigenvalue weighted by Crippen LogP contribution is 2.56. The summed E-state index contributed by atoms with van der Waals surface area (Å²) in [5, 5.41) is 56.9. The molecule has 0 spiro atoms. The van der Waals surface area contributed by atoms with E-state index in [1.807, 2.05) is 30.3 Å². The molecule has 7 N–H and O–H groups in total. The van der Waals surface area contributed by atoms with Crippen molar-refractivity contribution in [1.29, 1.82) is 0 Å². The zero-order chi connectivity index (χ0) is 29.1. The van der Waals surface area contributed by atoms with E-state index < -0.39 is 75.6 Å². The number of aliphatic hydroxyl groups excluding tert-OH is 3. The van der Waals surface area contributed by atoms with Crippen molar-refractivity contribution in [3.63, 3.8) is 0 Å². The molecule has 10 nitrogen and oxygen atoms in total. The molecule has 6 atom stereocenters. The van der Waals surface area contributed by atoms with Crippen LogP contribution in [0.1, 0.15) is 27.4 Å². The van der Waals surface area contributed by atoms with Gasteiger partial charge in [-0.05, 0) is 31.3 Å². The highest BCUT2D eigenvalue weighted by Gasteiger charge is 2.67. The molecule has 40 heavy (non-hydrogen) atoms. The van der Waals surface area contributed by atoms with Crippen LogP contribution in [0, 0.1) is 11.8 Å². The number of Topliss-reactive ketones (excluding diaryl/α,β-unsaturated/α-hetero) is 2. The zero-order valence-corrected chi connectivity index (χ0v) is 22.6. The maximum absolute atomic E-state index is 13.8. The highest BCUT2D eigenvalue weighted by molar-refractivity contribution is 7.98. The highest BCUT2D eigenvalue weighted by atomic mass is 32.2. The molecule has 0 unspecified atom stereocenters. The van der Waals surface area contributed by atoms with Crippen molar-refractivity contribution in [3.8, 4) is 5.75 Å². The fraction of sp³-hybridized carbons (Fsp3) is 0.345. The third-order valence-corrected chi connectivity index (χ3v) is 9.34. The summed E-state index contributed by atoms with van der Waals surface area (Å²) >= 11 is 1.52. The van der Waals surface area contributed by atoms with E-state index in [0.717, 1.165) is 5.56 Å². The predicted octanol–water partition coefficient (Wildman–Crippen LogP) is 1.57. The average Bonchev–Trinajstić information content (AvgIpc) is 2.90. The van der Waals surface area contributed by atoms with Crippen LogP contribution in [0.4, 0.5) is 0 Å². The molecule has 3 aliphatic carbocycles. The van der Waals surface area contributed by atoms with E-state index in [2.05, 4.69) is 0 Å². The molecular formula is C29H30N2O8S. The molecule has 3 aliphatic rings. The third kappa shape index (κ3) is 3.95. The van der Waals surface area contributed by atoms with E-state index in [9.17, 15) is 39.9 Å². The van der Waals surface area contributed by atoms with Crippen LogP contribution in [0.15, 0.2) is 71.2 Å². The summed E-state index contributed by atoms with van der Waals surface area (Å²) in [5.41, 5.74) is 2.51. The summed E-state index contributed by atoms with van der Waals surface area (Å²) in [7, 11) is 3.01. The molecule has 0 bridgehead atoms. The lowest BCUT2D eigenvalue weighted by atomic mass is 9.55. The Kier molecular flexibility index (Phi) is 7.03. The van der Waals surface area contributed by atoms with Crippen molar-refractivity contribution < 1.29 is 39.9 Å². The van der Waals surface area contributed by atoms with Crippen LogP contribution < -0.4 is 5.73 Å². The number of aromatic hydroxyl groups is 1. The van der Waals surface area contributed by atoms with Crippen LogP contribution in [-0.4, -0.2) is 85.5 Å². The topological polar surface area (TPSA) is 182 Å². The molecule has 0 fully saturated rings. The van der Waals surface area contributed by atoms with E-state index in [4.69, 9.17) is 5.73 Å². The van der Waals surface area contributed by atoms with Gasteiger partial charge >= 0.3 is 0 Å². The van der Waals surface area contributed by atoms with Gasteiger partial charge in [0.2, 0.25) is 5.78 Å². The fourth-order valence-corrected chi connectivity index (χ4v) is 7.66. The van der Waals surface area contributed by atoms with Crippen LogP contribution in [-0.2, 0) is 15.3 Å². The minimum absolute atomic E-state index is 0.0965. The molecule has 0 radical (unpaired) electrons. The Bertz CT molecular complexity index is 1470. The monoisotopic (exact) mass is 566 g/mol. The number of hydrogen-bond acceptors (Lipinski definition) is 10. The second kappa shape index (κ2) is 10.1. The van der Waals surface area contributed by atoms with Crippen LogP contribution in [0.3, 0.4) is 0 Å². The smallest absolute Gasteiger partial charge is 0.255 e. The van der Waals surface area contributed by atoms with Crippen molar-refractivity contribution in [2.45, 2.75) is 29.4 Å². The predicted molar refractivity (Wildman–Crippen MR) is 147 cm³/mol. The van der Waals surface area contributed by atoms with Crippen molar-refractivity contribution in [2.75, 3.05) is 19.8 Å². The first kappa shape index (κ1) is 27.9. The Labute approximate surface area is 234 Å². The molecule has 11 heteroatoms. The lowest BCUT2D eigenvalue weighted by Crippen LogP contribution is -2.68. The van der Waals surface area contributed by atoms with E-state index in [-0.39, 0.29) is 11.3 Å². The van der Waals surface area contributed by atoms with Gasteiger partial charge < -0.3 is 31.3 Å². The summed E-state index contributed by atoms with van der Waals surface area (Å²) in [5.74, 6) is -8.03. The molecule has 2 aromatic carbocycles. The number of carbonyl (C=O) groups is 3. The molecule has 0 saturated carbocycles. The second-order valence-corrected chi connectivity index (χ2v) is 11.6. The van der Waals surface area contributed by atoms with Gasteiger partial charge in [-0.15, -0.1) is 0 Å². The second-order valence-electron chi connectivity index (χ2n) is 10.6. The molecule has 5 rings (SSSR count). The van der Waals surface area contributed by atoms with Crippen molar-refractivity contribution in [1.82, 2.24) is 4.90 Å². The van der Waals surface area contributed by atoms with E-state index in [0.29, 0.717) is 17.1 Å². The molecule has 0 aromatic heterocycles. The van der Waals surface area contributed by atoms with E-state index in [1.54, 1.807) is 12.1 Å². The van der Waals surface area contributed by atoms with Crippen LogP contribution in [0.5, 0.6) is 5.75 Å². The number of likely N-dealkylation sites (N-methyl/N-ethyl adjacent to an activating group) is 1. The largest absolute Gasteiger partial charge is 0.510 e. The first-order valence-corrected chi connectivity index (χ1v) is 13.8. The Hall–Kier alpha value is -3.64. The van der Waals surface area contributed by atoms with E-state index in [1.165, 1.54) is 36.8 Å². The standard InChI is InChI=1S/C29H30N2O8S/c1-31(2)22-21-24(34)18-15(12-40-11-13-7-4-3-5-8-13)14-9-6-10-16(32)17(14)23(33)19(18)26(36)29(21,39)27(37)20(25(22)35)28(30)38/h3-10,15,18,21-22,24,32,34-36,39H,11-12H2,1-2H3,(H2,30,38)/t15-,18+,21+,22-,24-,29-/m0/s1. The number of aliphatic hydroxyl groups is 4. The van der Waals surface area contributed by atoms with Crippen molar-refractivity contribution in [2.24, 2.45) is 17.6 Å². The Morgan fingerprint density at radius 3 is 2.35 bits per heavy atom. The number of rotatable bonds is 6. The number of primary amides is 1. The number of phenols is 1. The molecule has 0 heterocycles. The van der Waals surface area contributed by atoms with Gasteiger partial charge in [0.05, 0.1) is 23.6 Å². The van der Waals surface area contributed by atoms with Gasteiger partial charge in [0.15, 0.2) is 11.4 Å². The number of ketones is 2. The summed E-state index contributed by atoms with van der Waals surface area (Å²) in [6.45, 7) is 0. The number of nitrogens with two attached hydrogens (primary N) is 1. The number of amides is 1. The normalized spacial score (nSPS) is 29.8. The summed E-state index contributed by atoms with van der Waals surface area (Å²) < 4.78 is 0. The maximum Gasteiger partial charge on any atom is 0.255 e. The Morgan fingerprint density at radius 1 is 1.05 bits per heavy atom. The van der Waals surface area contributed by atoms with Gasteiger partial charge in [0.25, 0.3) is 5.91 Å². The number of thioether (sulfide) groups is 1. The minimum atomic E-state index is -2.93. The first-order valence-electron chi connectivity index (χ1n) is 12.7. The van der Waals surface area contributed by atoms with Crippen LogP contribution >= 0.6 is 11.8 Å². The fourth-order valence-electron chi connectivity index (χ4n) is 6.48. The van der Waals surface area contributed by atoms with Crippen molar-refractivity contribution in [3.05, 3.63) is 87.9 Å². The molecule has 0 aliphatic heterocycles. The lowest BCUT2D eigenvalue weighted by molar-refractivity contribution is -0.162. The van der Waals surface area contributed by atoms with Gasteiger partial charge in [-0.25, -0.2) is 0 Å². The number of nitrogens with zero attached hydrogens (tertiary/aromatic N) is 1.